The molecule has 1 aromatic heterocycles. The summed E-state index contributed by atoms with van der Waals surface area (Å²) in [7, 11) is 0. The van der Waals surface area contributed by atoms with Gasteiger partial charge in [-0.3, -0.25) is 4.79 Å². The molecule has 0 spiro atoms. The average molecular weight is 255 g/mol. The molecule has 0 aromatic carbocycles. The third-order valence-corrected chi connectivity index (χ3v) is 4.03. The standard InChI is InChI=1S/C11H13NO4S/c1-2-9(13)12-8(11(14)15)6-17-10(12)7-3-4-16-5-7/h3-5,8,10H,2,6H2,1H3,(H,14,15). The van der Waals surface area contributed by atoms with Gasteiger partial charge in [-0.15, -0.1) is 11.8 Å². The minimum absolute atomic E-state index is 0.145. The minimum atomic E-state index is -0.953. The SMILES string of the molecule is CCC(=O)N1C(C(=O)O)CSC1c1ccoc1. The lowest BCUT2D eigenvalue weighted by atomic mass is 10.2. The monoisotopic (exact) mass is 255 g/mol. The van der Waals surface area contributed by atoms with Crippen LogP contribution in [0.5, 0.6) is 0 Å². The number of carbonyl (C=O) groups is 2. The quantitative estimate of drug-likeness (QED) is 0.890. The summed E-state index contributed by atoms with van der Waals surface area (Å²) >= 11 is 1.45. The van der Waals surface area contributed by atoms with Gasteiger partial charge in [-0.25, -0.2) is 4.79 Å². The minimum Gasteiger partial charge on any atom is -0.480 e. The van der Waals surface area contributed by atoms with Crippen molar-refractivity contribution in [3.8, 4) is 0 Å². The molecule has 17 heavy (non-hydrogen) atoms. The van der Waals surface area contributed by atoms with Crippen LogP contribution in [0.1, 0.15) is 24.3 Å². The second-order valence-electron chi connectivity index (χ2n) is 3.75. The first kappa shape index (κ1) is 12.0. The smallest absolute Gasteiger partial charge is 0.327 e. The molecule has 5 nitrogen and oxygen atoms in total. The van der Waals surface area contributed by atoms with Crippen LogP contribution in [-0.2, 0) is 9.59 Å². The van der Waals surface area contributed by atoms with Crippen molar-refractivity contribution in [2.75, 3.05) is 5.75 Å². The van der Waals surface area contributed by atoms with E-state index in [1.807, 2.05) is 0 Å². The van der Waals surface area contributed by atoms with Gasteiger partial charge in [0.05, 0.1) is 12.5 Å². The summed E-state index contributed by atoms with van der Waals surface area (Å²) in [4.78, 5) is 24.4. The van der Waals surface area contributed by atoms with Gasteiger partial charge >= 0.3 is 5.97 Å². The van der Waals surface area contributed by atoms with Gasteiger partial charge in [0.1, 0.15) is 11.4 Å². The van der Waals surface area contributed by atoms with E-state index in [1.165, 1.54) is 22.9 Å². The Kier molecular flexibility index (Phi) is 3.42. The highest BCUT2D eigenvalue weighted by Crippen LogP contribution is 2.41. The molecule has 1 amide bonds. The van der Waals surface area contributed by atoms with Crippen LogP contribution in [0, 0.1) is 0 Å². The second kappa shape index (κ2) is 4.83. The molecule has 92 valence electrons. The highest BCUT2D eigenvalue weighted by Gasteiger charge is 2.41. The fourth-order valence-corrected chi connectivity index (χ4v) is 3.28. The highest BCUT2D eigenvalue weighted by atomic mass is 32.2. The Morgan fingerprint density at radius 2 is 2.41 bits per heavy atom. The zero-order chi connectivity index (χ0) is 12.4. The van der Waals surface area contributed by atoms with E-state index in [0.717, 1.165) is 5.56 Å². The third kappa shape index (κ3) is 2.17. The van der Waals surface area contributed by atoms with Crippen molar-refractivity contribution in [2.45, 2.75) is 24.8 Å². The molecule has 6 heteroatoms. The number of rotatable bonds is 3. The van der Waals surface area contributed by atoms with Gasteiger partial charge in [0.25, 0.3) is 0 Å². The van der Waals surface area contributed by atoms with Crippen molar-refractivity contribution in [1.82, 2.24) is 4.90 Å². The fraction of sp³-hybridized carbons (Fsp3) is 0.455. The highest BCUT2D eigenvalue weighted by molar-refractivity contribution is 7.99. The predicted molar refractivity (Wildman–Crippen MR) is 62.5 cm³/mol. The van der Waals surface area contributed by atoms with Gasteiger partial charge in [0.15, 0.2) is 0 Å². The molecule has 0 bridgehead atoms. The molecule has 0 aliphatic carbocycles. The molecule has 2 rings (SSSR count). The molecule has 0 radical (unpaired) electrons. The molecule has 1 aromatic rings. The fourth-order valence-electron chi connectivity index (χ4n) is 1.86. The number of carboxylic acid groups (broad SMARTS) is 1. The summed E-state index contributed by atoms with van der Waals surface area (Å²) in [6.45, 7) is 1.73. The first-order valence-corrected chi connectivity index (χ1v) is 6.37. The van der Waals surface area contributed by atoms with Crippen LogP contribution >= 0.6 is 11.8 Å². The lowest BCUT2D eigenvalue weighted by Gasteiger charge is -2.26. The molecule has 1 fully saturated rings. The van der Waals surface area contributed by atoms with E-state index in [9.17, 15) is 9.59 Å². The Hall–Kier alpha value is -1.43. The van der Waals surface area contributed by atoms with Crippen molar-refractivity contribution < 1.29 is 19.1 Å². The molecular formula is C11H13NO4S. The zero-order valence-electron chi connectivity index (χ0n) is 9.33. The van der Waals surface area contributed by atoms with E-state index in [-0.39, 0.29) is 11.3 Å². The van der Waals surface area contributed by atoms with Crippen molar-refractivity contribution in [1.29, 1.82) is 0 Å². The van der Waals surface area contributed by atoms with Gasteiger partial charge in [-0.1, -0.05) is 6.92 Å². The number of nitrogens with zero attached hydrogens (tertiary/aromatic N) is 1. The van der Waals surface area contributed by atoms with Gasteiger partial charge in [0, 0.05) is 17.7 Å². The molecule has 1 aliphatic heterocycles. The van der Waals surface area contributed by atoms with Crippen molar-refractivity contribution >= 4 is 23.6 Å². The predicted octanol–water partition coefficient (Wildman–Crippen LogP) is 1.72. The summed E-state index contributed by atoms with van der Waals surface area (Å²) in [6, 6.07) is 1.02. The lowest BCUT2D eigenvalue weighted by molar-refractivity contribution is -0.149. The molecular weight excluding hydrogens is 242 g/mol. The number of carbonyl (C=O) groups excluding carboxylic acids is 1. The zero-order valence-corrected chi connectivity index (χ0v) is 10.1. The number of amides is 1. The number of carboxylic acids is 1. The first-order valence-electron chi connectivity index (χ1n) is 5.32. The molecule has 0 saturated carbocycles. The largest absolute Gasteiger partial charge is 0.480 e. The topological polar surface area (TPSA) is 70.8 Å². The van der Waals surface area contributed by atoms with Crippen LogP contribution in [0.4, 0.5) is 0 Å². The maximum absolute atomic E-state index is 11.9. The van der Waals surface area contributed by atoms with Crippen LogP contribution < -0.4 is 0 Å². The van der Waals surface area contributed by atoms with E-state index in [4.69, 9.17) is 9.52 Å². The summed E-state index contributed by atoms with van der Waals surface area (Å²) in [5.74, 6) is -0.685. The number of thioether (sulfide) groups is 1. The molecule has 2 atom stereocenters. The normalized spacial score (nSPS) is 23.9. The van der Waals surface area contributed by atoms with Gasteiger partial charge in [0.2, 0.25) is 5.91 Å². The van der Waals surface area contributed by atoms with Crippen molar-refractivity contribution in [3.05, 3.63) is 24.2 Å². The van der Waals surface area contributed by atoms with E-state index in [2.05, 4.69) is 0 Å². The van der Waals surface area contributed by atoms with Crippen molar-refractivity contribution in [2.24, 2.45) is 0 Å². The van der Waals surface area contributed by atoms with Crippen LogP contribution in [0.3, 0.4) is 0 Å². The number of hydrogen-bond donors (Lipinski definition) is 1. The number of furan rings is 1. The van der Waals surface area contributed by atoms with Crippen molar-refractivity contribution in [3.63, 3.8) is 0 Å². The Morgan fingerprint density at radius 1 is 1.65 bits per heavy atom. The van der Waals surface area contributed by atoms with Gasteiger partial charge in [-0.2, -0.15) is 0 Å². The summed E-state index contributed by atoms with van der Waals surface area (Å²) in [6.07, 6.45) is 3.38. The second-order valence-corrected chi connectivity index (χ2v) is 4.86. The van der Waals surface area contributed by atoms with E-state index >= 15 is 0 Å². The van der Waals surface area contributed by atoms with Crippen LogP contribution in [0.25, 0.3) is 0 Å². The Bertz CT molecular complexity index is 417. The molecule has 1 aliphatic rings. The Labute approximate surface area is 103 Å². The number of aliphatic carboxylic acids is 1. The maximum atomic E-state index is 11.9. The summed E-state index contributed by atoms with van der Waals surface area (Å²) < 4.78 is 4.99. The molecule has 1 saturated heterocycles. The molecule has 2 heterocycles. The first-order chi connectivity index (χ1) is 8.15. The number of hydrogen-bond acceptors (Lipinski definition) is 4. The van der Waals surface area contributed by atoms with Crippen LogP contribution in [0.2, 0.25) is 0 Å². The van der Waals surface area contributed by atoms with E-state index in [0.29, 0.717) is 12.2 Å². The van der Waals surface area contributed by atoms with Gasteiger partial charge in [-0.05, 0) is 6.07 Å². The summed E-state index contributed by atoms with van der Waals surface area (Å²) in [5, 5.41) is 8.86. The lowest BCUT2D eigenvalue weighted by Crippen LogP contribution is -2.42. The average Bonchev–Trinajstić information content (AvgIpc) is 2.95. The summed E-state index contributed by atoms with van der Waals surface area (Å²) in [5.41, 5.74) is 0.834. The maximum Gasteiger partial charge on any atom is 0.327 e. The van der Waals surface area contributed by atoms with Gasteiger partial charge < -0.3 is 14.4 Å². The van der Waals surface area contributed by atoms with Crippen LogP contribution in [0.15, 0.2) is 23.0 Å². The molecule has 1 N–H and O–H groups in total. The van der Waals surface area contributed by atoms with E-state index < -0.39 is 12.0 Å². The third-order valence-electron chi connectivity index (χ3n) is 2.70. The Morgan fingerprint density at radius 3 is 2.94 bits per heavy atom. The Balaban J connectivity index is 2.28. The van der Waals surface area contributed by atoms with Crippen LogP contribution in [-0.4, -0.2) is 33.7 Å². The molecule has 2 unspecified atom stereocenters. The van der Waals surface area contributed by atoms with E-state index in [1.54, 1.807) is 19.3 Å².